The lowest BCUT2D eigenvalue weighted by Gasteiger charge is -2.31. The van der Waals surface area contributed by atoms with E-state index in [0.717, 1.165) is 80.4 Å². The van der Waals surface area contributed by atoms with Gasteiger partial charge in [0.15, 0.2) is 0 Å². The number of imide groups is 1. The quantitative estimate of drug-likeness (QED) is 0.181. The zero-order valence-electron chi connectivity index (χ0n) is 25.8. The summed E-state index contributed by atoms with van der Waals surface area (Å²) in [6.07, 6.45) is 7.26. The molecule has 0 aromatic heterocycles. The lowest BCUT2D eigenvalue weighted by atomic mass is 10.1. The van der Waals surface area contributed by atoms with E-state index >= 15 is 0 Å². The highest BCUT2D eigenvalue weighted by Crippen LogP contribution is 2.22. The van der Waals surface area contributed by atoms with Gasteiger partial charge in [-0.2, -0.15) is 0 Å². The smallest absolute Gasteiger partial charge is 0.419 e. The Hall–Kier alpha value is -2.33. The molecule has 1 heterocycles. The topological polar surface area (TPSA) is 97.4 Å². The third-order valence-corrected chi connectivity index (χ3v) is 7.19. The predicted octanol–water partition coefficient (Wildman–Crippen LogP) is 8.36. The third-order valence-electron chi connectivity index (χ3n) is 6.50. The van der Waals surface area contributed by atoms with Crippen LogP contribution in [0, 0.1) is 0 Å². The van der Waals surface area contributed by atoms with Gasteiger partial charge in [0.1, 0.15) is 17.3 Å². The van der Waals surface area contributed by atoms with E-state index in [1.165, 1.54) is 6.42 Å². The Morgan fingerprint density at radius 3 is 1.90 bits per heavy atom. The van der Waals surface area contributed by atoms with E-state index in [0.29, 0.717) is 5.69 Å². The van der Waals surface area contributed by atoms with Gasteiger partial charge in [-0.05, 0) is 102 Å². The molecule has 1 aromatic carbocycles. The number of ether oxygens (including phenoxy) is 3. The molecule has 0 bridgehead atoms. The predicted molar refractivity (Wildman–Crippen MR) is 165 cm³/mol. The van der Waals surface area contributed by atoms with Crippen molar-refractivity contribution in [3.8, 4) is 0 Å². The fraction of sp³-hybridized carbons (Fsp3) is 0.710. The normalized spacial score (nSPS) is 14.8. The second-order valence-corrected chi connectivity index (χ2v) is 13.5. The van der Waals surface area contributed by atoms with E-state index in [1.807, 2.05) is 24.3 Å². The number of amides is 3. The minimum absolute atomic E-state index is 0.0460. The SMILES string of the molecule is CC(C)(C)OC(=O)N(CCCCCCCCCN1CCC(OC(=O)Nc2ccccc2Br)CC1)C(=O)OC(C)(C)C. The van der Waals surface area contributed by atoms with E-state index in [9.17, 15) is 14.4 Å². The van der Waals surface area contributed by atoms with Crippen molar-refractivity contribution in [2.24, 2.45) is 0 Å². The second-order valence-electron chi connectivity index (χ2n) is 12.6. The summed E-state index contributed by atoms with van der Waals surface area (Å²) in [5, 5.41) is 2.80. The van der Waals surface area contributed by atoms with Crippen LogP contribution in [0.3, 0.4) is 0 Å². The molecule has 0 aliphatic carbocycles. The molecule has 1 aliphatic heterocycles. The summed E-state index contributed by atoms with van der Waals surface area (Å²) in [7, 11) is 0. The molecule has 0 atom stereocenters. The molecular weight excluding hydrogens is 590 g/mol. The maximum atomic E-state index is 12.6. The van der Waals surface area contributed by atoms with Crippen LogP contribution in [0.25, 0.3) is 0 Å². The first kappa shape index (κ1) is 34.9. The number of piperidine rings is 1. The molecule has 3 amide bonds. The highest BCUT2D eigenvalue weighted by molar-refractivity contribution is 9.10. The Kier molecular flexibility index (Phi) is 14.4. The first-order valence-corrected chi connectivity index (χ1v) is 15.7. The van der Waals surface area contributed by atoms with Crippen molar-refractivity contribution in [1.82, 2.24) is 9.80 Å². The molecule has 0 unspecified atom stereocenters. The molecule has 2 rings (SSSR count). The van der Waals surface area contributed by atoms with Crippen LogP contribution in [-0.2, 0) is 14.2 Å². The number of carbonyl (C=O) groups is 3. The molecule has 1 fully saturated rings. The van der Waals surface area contributed by atoms with Gasteiger partial charge >= 0.3 is 18.3 Å². The maximum Gasteiger partial charge on any atom is 0.419 e. The summed E-state index contributed by atoms with van der Waals surface area (Å²) < 4.78 is 17.3. The number of benzene rings is 1. The standard InChI is InChI=1S/C31H50BrN3O6/c1-30(2,3)40-28(37)35(29(38)41-31(4,5)6)21-15-11-9-7-8-10-14-20-34-22-18-24(19-23-34)39-27(36)33-26-17-13-12-16-25(26)32/h12-13,16-17,24H,7-11,14-15,18-23H2,1-6H3,(H,33,36). The van der Waals surface area contributed by atoms with Gasteiger partial charge in [-0.25, -0.2) is 19.3 Å². The number of halogens is 1. The van der Waals surface area contributed by atoms with Crippen LogP contribution in [-0.4, -0.2) is 71.6 Å². The number of carbonyl (C=O) groups excluding carboxylic acids is 3. The summed E-state index contributed by atoms with van der Waals surface area (Å²) in [4.78, 5) is 40.9. The van der Waals surface area contributed by atoms with Crippen molar-refractivity contribution in [2.75, 3.05) is 31.5 Å². The largest absolute Gasteiger partial charge is 0.446 e. The Labute approximate surface area is 254 Å². The van der Waals surface area contributed by atoms with Crippen LogP contribution < -0.4 is 5.32 Å². The van der Waals surface area contributed by atoms with Crippen LogP contribution in [0.2, 0.25) is 0 Å². The minimum atomic E-state index is -0.683. The fourth-order valence-corrected chi connectivity index (χ4v) is 4.87. The maximum absolute atomic E-state index is 12.6. The average Bonchev–Trinajstić information content (AvgIpc) is 2.85. The van der Waals surface area contributed by atoms with Crippen molar-refractivity contribution in [3.05, 3.63) is 28.7 Å². The highest BCUT2D eigenvalue weighted by Gasteiger charge is 2.30. The number of anilines is 1. The van der Waals surface area contributed by atoms with Crippen LogP contribution in [0.1, 0.15) is 99.3 Å². The van der Waals surface area contributed by atoms with Crippen molar-refractivity contribution >= 4 is 39.9 Å². The van der Waals surface area contributed by atoms with Gasteiger partial charge < -0.3 is 19.1 Å². The number of likely N-dealkylation sites (tertiary alicyclic amines) is 1. The molecule has 41 heavy (non-hydrogen) atoms. The second kappa shape index (κ2) is 16.9. The molecular formula is C31H50BrN3O6. The number of hydrogen-bond acceptors (Lipinski definition) is 7. The van der Waals surface area contributed by atoms with Gasteiger partial charge in [-0.3, -0.25) is 5.32 Å². The zero-order valence-corrected chi connectivity index (χ0v) is 27.4. The van der Waals surface area contributed by atoms with Gasteiger partial charge in [0.05, 0.1) is 5.69 Å². The molecule has 9 nitrogen and oxygen atoms in total. The lowest BCUT2D eigenvalue weighted by molar-refractivity contribution is 0.00116. The zero-order chi connectivity index (χ0) is 30.5. The summed E-state index contributed by atoms with van der Waals surface area (Å²) >= 11 is 3.43. The van der Waals surface area contributed by atoms with E-state index in [2.05, 4.69) is 26.1 Å². The first-order valence-electron chi connectivity index (χ1n) is 14.9. The Bertz CT molecular complexity index is 939. The highest BCUT2D eigenvalue weighted by atomic mass is 79.9. The minimum Gasteiger partial charge on any atom is -0.446 e. The molecule has 0 spiro atoms. The molecule has 232 valence electrons. The van der Waals surface area contributed by atoms with Gasteiger partial charge in [0, 0.05) is 24.1 Å². The molecule has 0 radical (unpaired) electrons. The van der Waals surface area contributed by atoms with Crippen LogP contribution in [0.5, 0.6) is 0 Å². The monoisotopic (exact) mass is 639 g/mol. The van der Waals surface area contributed by atoms with E-state index in [-0.39, 0.29) is 12.6 Å². The van der Waals surface area contributed by atoms with E-state index in [1.54, 1.807) is 41.5 Å². The van der Waals surface area contributed by atoms with E-state index in [4.69, 9.17) is 14.2 Å². The Morgan fingerprint density at radius 2 is 1.37 bits per heavy atom. The number of nitrogens with one attached hydrogen (secondary N) is 1. The number of para-hydroxylation sites is 1. The van der Waals surface area contributed by atoms with Gasteiger partial charge in [0.25, 0.3) is 0 Å². The van der Waals surface area contributed by atoms with Crippen molar-refractivity contribution in [3.63, 3.8) is 0 Å². The third kappa shape index (κ3) is 14.9. The fourth-order valence-electron chi connectivity index (χ4n) is 4.48. The number of hydrogen-bond donors (Lipinski definition) is 1. The van der Waals surface area contributed by atoms with Crippen molar-refractivity contribution in [2.45, 2.75) is 117 Å². The molecule has 1 aliphatic rings. The molecule has 0 saturated carbocycles. The number of unbranched alkanes of at least 4 members (excludes halogenated alkanes) is 6. The lowest BCUT2D eigenvalue weighted by Crippen LogP contribution is -2.44. The Balaban J connectivity index is 1.55. The van der Waals surface area contributed by atoms with Crippen molar-refractivity contribution < 1.29 is 28.6 Å². The molecule has 1 aromatic rings. The number of rotatable bonds is 12. The molecule has 1 saturated heterocycles. The summed E-state index contributed by atoms with van der Waals surface area (Å²) in [5.74, 6) is 0. The van der Waals surface area contributed by atoms with Gasteiger partial charge in [0.2, 0.25) is 0 Å². The van der Waals surface area contributed by atoms with E-state index < -0.39 is 29.5 Å². The van der Waals surface area contributed by atoms with Gasteiger partial charge in [-0.1, -0.05) is 44.2 Å². The molecule has 10 heteroatoms. The number of nitrogens with zero attached hydrogens (tertiary/aromatic N) is 2. The van der Waals surface area contributed by atoms with Crippen LogP contribution >= 0.6 is 15.9 Å². The van der Waals surface area contributed by atoms with Gasteiger partial charge in [-0.15, -0.1) is 0 Å². The van der Waals surface area contributed by atoms with Crippen LogP contribution in [0.15, 0.2) is 28.7 Å². The molecule has 1 N–H and O–H groups in total. The summed E-state index contributed by atoms with van der Waals surface area (Å²) in [6, 6.07) is 7.48. The Morgan fingerprint density at radius 1 is 0.854 bits per heavy atom. The van der Waals surface area contributed by atoms with Crippen LogP contribution in [0.4, 0.5) is 20.1 Å². The van der Waals surface area contributed by atoms with Crippen molar-refractivity contribution in [1.29, 1.82) is 0 Å². The summed E-state index contributed by atoms with van der Waals surface area (Å²) in [6.45, 7) is 13.9. The average molecular weight is 641 g/mol. The summed E-state index contributed by atoms with van der Waals surface area (Å²) in [5.41, 5.74) is -0.658. The first-order chi connectivity index (χ1) is 19.2.